The van der Waals surface area contributed by atoms with Gasteiger partial charge in [-0.2, -0.15) is 10.5 Å². The maximum atomic E-state index is 9.56. The summed E-state index contributed by atoms with van der Waals surface area (Å²) in [6.45, 7) is 0. The normalized spacial score (nSPS) is 24.2. The lowest BCUT2D eigenvalue weighted by Crippen LogP contribution is -2.11. The molecule has 0 unspecified atom stereocenters. The van der Waals surface area contributed by atoms with E-state index in [1.54, 1.807) is 18.3 Å². The molecule has 0 amide bonds. The molecule has 3 rings (SSSR count). The average molecular weight is 245 g/mol. The minimum atomic E-state index is -0.631. The zero-order chi connectivity index (χ0) is 13.3. The number of nitriles is 2. The Morgan fingerprint density at radius 3 is 2.58 bits per heavy atom. The number of aromatic nitrogens is 1. The molecule has 2 aromatic rings. The summed E-state index contributed by atoms with van der Waals surface area (Å²) < 4.78 is 0. The van der Waals surface area contributed by atoms with Crippen LogP contribution in [0.5, 0.6) is 0 Å². The Morgan fingerprint density at radius 2 is 1.89 bits per heavy atom. The lowest BCUT2D eigenvalue weighted by molar-refractivity contribution is 0.809. The zero-order valence-electron chi connectivity index (χ0n) is 10.2. The second-order valence-electron chi connectivity index (χ2n) is 4.76. The topological polar surface area (TPSA) is 60.5 Å². The van der Waals surface area contributed by atoms with E-state index in [4.69, 9.17) is 5.26 Å². The maximum absolute atomic E-state index is 9.56. The maximum Gasteiger partial charge on any atom is 0.108 e. The highest BCUT2D eigenvalue weighted by molar-refractivity contribution is 5.52. The second-order valence-corrected chi connectivity index (χ2v) is 4.76. The Labute approximate surface area is 111 Å². The molecule has 1 fully saturated rings. The lowest BCUT2D eigenvalue weighted by atomic mass is 9.93. The van der Waals surface area contributed by atoms with Crippen LogP contribution < -0.4 is 0 Å². The number of rotatable bonds is 2. The molecule has 1 aromatic heterocycles. The van der Waals surface area contributed by atoms with Crippen molar-refractivity contribution in [3.63, 3.8) is 0 Å². The van der Waals surface area contributed by atoms with Crippen LogP contribution in [-0.2, 0) is 5.41 Å². The molecule has 0 N–H and O–H groups in total. The van der Waals surface area contributed by atoms with Gasteiger partial charge in [0, 0.05) is 12.1 Å². The van der Waals surface area contributed by atoms with Crippen molar-refractivity contribution in [1.29, 1.82) is 10.5 Å². The van der Waals surface area contributed by atoms with E-state index in [-0.39, 0.29) is 5.92 Å². The summed E-state index contributed by atoms with van der Waals surface area (Å²) >= 11 is 0. The minimum Gasteiger partial charge on any atom is -0.258 e. The minimum absolute atomic E-state index is 0.140. The first-order chi connectivity index (χ1) is 9.31. The summed E-state index contributed by atoms with van der Waals surface area (Å²) in [5.41, 5.74) is 1.63. The van der Waals surface area contributed by atoms with Gasteiger partial charge in [-0.3, -0.25) is 4.98 Å². The van der Waals surface area contributed by atoms with Gasteiger partial charge in [0.05, 0.1) is 17.3 Å². The molecule has 0 spiro atoms. The third kappa shape index (κ3) is 1.68. The Bertz CT molecular complexity index is 694. The smallest absolute Gasteiger partial charge is 0.108 e. The van der Waals surface area contributed by atoms with Crippen LogP contribution in [0, 0.1) is 22.7 Å². The highest BCUT2D eigenvalue weighted by Gasteiger charge is 2.59. The van der Waals surface area contributed by atoms with Gasteiger partial charge in [-0.05, 0) is 24.1 Å². The fourth-order valence-electron chi connectivity index (χ4n) is 2.64. The fourth-order valence-corrected chi connectivity index (χ4v) is 2.64. The number of hydrogen-bond donors (Lipinski definition) is 0. The molecule has 1 saturated carbocycles. The predicted molar refractivity (Wildman–Crippen MR) is 70.0 cm³/mol. The Kier molecular flexibility index (Phi) is 2.54. The highest BCUT2D eigenvalue weighted by Crippen LogP contribution is 2.60. The van der Waals surface area contributed by atoms with Gasteiger partial charge < -0.3 is 0 Å². The van der Waals surface area contributed by atoms with E-state index in [1.165, 1.54) is 0 Å². The first-order valence-electron chi connectivity index (χ1n) is 6.13. The van der Waals surface area contributed by atoms with E-state index in [2.05, 4.69) is 17.1 Å². The van der Waals surface area contributed by atoms with Crippen molar-refractivity contribution in [2.24, 2.45) is 0 Å². The summed E-state index contributed by atoms with van der Waals surface area (Å²) in [6.07, 6.45) is 2.38. The van der Waals surface area contributed by atoms with Crippen molar-refractivity contribution in [2.45, 2.75) is 17.8 Å². The zero-order valence-corrected chi connectivity index (χ0v) is 10.2. The molecule has 1 heterocycles. The lowest BCUT2D eigenvalue weighted by Gasteiger charge is -2.09. The molecule has 0 bridgehead atoms. The molecule has 2 atom stereocenters. The van der Waals surface area contributed by atoms with Crippen LogP contribution in [0.25, 0.3) is 0 Å². The van der Waals surface area contributed by atoms with Gasteiger partial charge >= 0.3 is 0 Å². The van der Waals surface area contributed by atoms with Crippen molar-refractivity contribution in [1.82, 2.24) is 4.98 Å². The van der Waals surface area contributed by atoms with E-state index < -0.39 is 5.41 Å². The molecular weight excluding hydrogens is 234 g/mol. The summed E-state index contributed by atoms with van der Waals surface area (Å²) in [5.74, 6) is 0.140. The summed E-state index contributed by atoms with van der Waals surface area (Å²) in [5, 5.41) is 18.7. The van der Waals surface area contributed by atoms with Crippen molar-refractivity contribution in [3.8, 4) is 12.1 Å². The molecule has 0 radical (unpaired) electrons. The van der Waals surface area contributed by atoms with Crippen molar-refractivity contribution >= 4 is 0 Å². The first kappa shape index (κ1) is 11.4. The van der Waals surface area contributed by atoms with E-state index in [1.807, 2.05) is 30.3 Å². The molecular formula is C16H11N3. The molecule has 3 heteroatoms. The van der Waals surface area contributed by atoms with Gasteiger partial charge in [-0.15, -0.1) is 0 Å². The highest BCUT2D eigenvalue weighted by atomic mass is 14.8. The quantitative estimate of drug-likeness (QED) is 0.817. The van der Waals surface area contributed by atoms with Gasteiger partial charge in [-0.1, -0.05) is 30.3 Å². The Balaban J connectivity index is 2.05. The van der Waals surface area contributed by atoms with Crippen molar-refractivity contribution < 1.29 is 0 Å². The third-order valence-electron chi connectivity index (χ3n) is 3.71. The predicted octanol–water partition coefficient (Wildman–Crippen LogP) is 2.90. The molecule has 1 aliphatic carbocycles. The van der Waals surface area contributed by atoms with Crippen LogP contribution in [0.1, 0.15) is 29.2 Å². The summed E-state index contributed by atoms with van der Waals surface area (Å²) in [4.78, 5) is 4.29. The summed E-state index contributed by atoms with van der Waals surface area (Å²) in [7, 11) is 0. The van der Waals surface area contributed by atoms with E-state index in [0.717, 1.165) is 12.0 Å². The number of nitrogens with zero attached hydrogens (tertiary/aromatic N) is 3. The molecule has 19 heavy (non-hydrogen) atoms. The van der Waals surface area contributed by atoms with Crippen LogP contribution in [0.2, 0.25) is 0 Å². The van der Waals surface area contributed by atoms with E-state index in [9.17, 15) is 5.26 Å². The second kappa shape index (κ2) is 4.23. The van der Waals surface area contributed by atoms with Crippen LogP contribution in [-0.4, -0.2) is 4.98 Å². The van der Waals surface area contributed by atoms with Gasteiger partial charge in [0.15, 0.2) is 0 Å². The van der Waals surface area contributed by atoms with Gasteiger partial charge in [0.1, 0.15) is 11.5 Å². The first-order valence-corrected chi connectivity index (χ1v) is 6.13. The number of hydrogen-bond acceptors (Lipinski definition) is 3. The van der Waals surface area contributed by atoms with Gasteiger partial charge in [0.2, 0.25) is 0 Å². The van der Waals surface area contributed by atoms with E-state index >= 15 is 0 Å². The van der Waals surface area contributed by atoms with Crippen LogP contribution in [0.15, 0.2) is 48.7 Å². The van der Waals surface area contributed by atoms with Gasteiger partial charge in [-0.25, -0.2) is 0 Å². The number of benzene rings is 1. The molecule has 3 nitrogen and oxygen atoms in total. The van der Waals surface area contributed by atoms with Crippen LogP contribution in [0.3, 0.4) is 0 Å². The van der Waals surface area contributed by atoms with E-state index in [0.29, 0.717) is 11.3 Å². The fraction of sp³-hybridized carbons (Fsp3) is 0.188. The average Bonchev–Trinajstić information content (AvgIpc) is 3.24. The third-order valence-corrected chi connectivity index (χ3v) is 3.71. The number of pyridine rings is 1. The molecule has 1 aliphatic rings. The molecule has 1 aromatic carbocycles. The molecule has 0 saturated heterocycles. The van der Waals surface area contributed by atoms with Crippen molar-refractivity contribution in [2.75, 3.05) is 0 Å². The largest absolute Gasteiger partial charge is 0.258 e. The SMILES string of the molecule is N#Cc1cccnc1[C@]1(C#N)C[C@H]1c1ccccc1. The molecule has 0 aliphatic heterocycles. The van der Waals surface area contributed by atoms with Gasteiger partial charge in [0.25, 0.3) is 0 Å². The van der Waals surface area contributed by atoms with Crippen molar-refractivity contribution in [3.05, 3.63) is 65.5 Å². The Morgan fingerprint density at radius 1 is 1.11 bits per heavy atom. The molecule has 90 valence electrons. The summed E-state index contributed by atoms with van der Waals surface area (Å²) in [6, 6.07) is 17.9. The van der Waals surface area contributed by atoms with Crippen LogP contribution in [0.4, 0.5) is 0 Å². The monoisotopic (exact) mass is 245 g/mol. The van der Waals surface area contributed by atoms with Crippen LogP contribution >= 0.6 is 0 Å². The Hall–Kier alpha value is -2.65. The standard InChI is InChI=1S/C16H11N3/c17-10-13-7-4-8-19-15(13)16(11-18)9-14(16)12-5-2-1-3-6-12/h1-8,14H,9H2/t14-,16-/m0/s1.